The van der Waals surface area contributed by atoms with E-state index in [2.05, 4.69) is 31.3 Å². The smallest absolute Gasteiger partial charge is 0.238 e. The molecule has 2 rings (SSSR count). The van der Waals surface area contributed by atoms with Crippen molar-refractivity contribution in [3.8, 4) is 0 Å². The zero-order chi connectivity index (χ0) is 18.8. The molecule has 0 spiro atoms. The number of sulfonamides is 1. The van der Waals surface area contributed by atoms with Crippen molar-refractivity contribution in [2.24, 2.45) is 5.14 Å². The number of rotatable bonds is 4. The Morgan fingerprint density at radius 3 is 2.24 bits per heavy atom. The van der Waals surface area contributed by atoms with Gasteiger partial charge >= 0.3 is 0 Å². The van der Waals surface area contributed by atoms with Crippen LogP contribution >= 0.6 is 12.2 Å². The first-order valence-corrected chi connectivity index (χ1v) is 9.79. The van der Waals surface area contributed by atoms with Gasteiger partial charge in [-0.05, 0) is 73.9 Å². The van der Waals surface area contributed by atoms with Crippen LogP contribution in [0.25, 0.3) is 0 Å². The number of anilines is 1. The van der Waals surface area contributed by atoms with Gasteiger partial charge in [-0.2, -0.15) is 0 Å². The molecule has 0 aliphatic rings. The standard InChI is InChI=1S/C18H23N3O2S2/c1-12-5-8-16(11-13(12)2)20-18(24)21(4)14(3)15-6-9-17(10-7-15)25(19,22)23/h5-11,14H,1-4H3,(H,20,24)(H2,19,22,23)/t14-/m1/s1. The normalized spacial score (nSPS) is 12.5. The van der Waals surface area contributed by atoms with Crippen LogP contribution in [0.1, 0.15) is 29.7 Å². The second kappa shape index (κ2) is 7.51. The summed E-state index contributed by atoms with van der Waals surface area (Å²) in [5.41, 5.74) is 4.31. The summed E-state index contributed by atoms with van der Waals surface area (Å²) < 4.78 is 22.7. The van der Waals surface area contributed by atoms with Gasteiger partial charge in [0.1, 0.15) is 0 Å². The maximum Gasteiger partial charge on any atom is 0.238 e. The molecule has 0 amide bonds. The number of benzene rings is 2. The molecule has 0 saturated carbocycles. The SMILES string of the molecule is Cc1ccc(NC(=S)N(C)[C@H](C)c2ccc(S(N)(=O)=O)cc2)cc1C. The molecule has 0 unspecified atom stereocenters. The molecule has 0 saturated heterocycles. The molecule has 0 bridgehead atoms. The van der Waals surface area contributed by atoms with E-state index >= 15 is 0 Å². The van der Waals surface area contributed by atoms with E-state index in [1.807, 2.05) is 24.9 Å². The van der Waals surface area contributed by atoms with Gasteiger partial charge in [0.15, 0.2) is 5.11 Å². The highest BCUT2D eigenvalue weighted by Gasteiger charge is 2.16. The summed E-state index contributed by atoms with van der Waals surface area (Å²) in [5, 5.41) is 8.96. The Kier molecular flexibility index (Phi) is 5.82. The molecule has 0 aromatic heterocycles. The molecular weight excluding hydrogens is 354 g/mol. The monoisotopic (exact) mass is 377 g/mol. The van der Waals surface area contributed by atoms with Crippen LogP contribution in [0.5, 0.6) is 0 Å². The van der Waals surface area contributed by atoms with Crippen LogP contribution in [-0.2, 0) is 10.0 Å². The first kappa shape index (κ1) is 19.4. The van der Waals surface area contributed by atoms with E-state index in [0.29, 0.717) is 5.11 Å². The Morgan fingerprint density at radius 2 is 1.72 bits per heavy atom. The molecule has 0 fully saturated rings. The van der Waals surface area contributed by atoms with E-state index < -0.39 is 10.0 Å². The topological polar surface area (TPSA) is 75.4 Å². The Hall–Kier alpha value is -1.96. The summed E-state index contributed by atoms with van der Waals surface area (Å²) in [7, 11) is -1.78. The number of hydrogen-bond acceptors (Lipinski definition) is 3. The van der Waals surface area contributed by atoms with Gasteiger partial charge in [-0.15, -0.1) is 0 Å². The fourth-order valence-electron chi connectivity index (χ4n) is 2.37. The van der Waals surface area contributed by atoms with Gasteiger partial charge in [-0.1, -0.05) is 18.2 Å². The Bertz CT molecular complexity index is 878. The van der Waals surface area contributed by atoms with E-state index in [4.69, 9.17) is 17.4 Å². The van der Waals surface area contributed by atoms with Crippen LogP contribution in [0.4, 0.5) is 5.69 Å². The number of primary sulfonamides is 1. The quantitative estimate of drug-likeness (QED) is 0.799. The number of hydrogen-bond donors (Lipinski definition) is 2. The van der Waals surface area contributed by atoms with Crippen molar-refractivity contribution >= 4 is 33.0 Å². The van der Waals surface area contributed by atoms with Crippen LogP contribution in [0.3, 0.4) is 0 Å². The lowest BCUT2D eigenvalue weighted by Crippen LogP contribution is -2.33. The maximum absolute atomic E-state index is 11.3. The van der Waals surface area contributed by atoms with Crippen LogP contribution in [0.15, 0.2) is 47.4 Å². The van der Waals surface area contributed by atoms with Gasteiger partial charge in [0.2, 0.25) is 10.0 Å². The van der Waals surface area contributed by atoms with Gasteiger partial charge < -0.3 is 10.2 Å². The van der Waals surface area contributed by atoms with Crippen molar-refractivity contribution in [2.45, 2.75) is 31.7 Å². The molecule has 3 N–H and O–H groups in total. The average Bonchev–Trinajstić information content (AvgIpc) is 2.56. The highest BCUT2D eigenvalue weighted by Crippen LogP contribution is 2.22. The number of nitrogens with zero attached hydrogens (tertiary/aromatic N) is 1. The van der Waals surface area contributed by atoms with Gasteiger partial charge in [0.25, 0.3) is 0 Å². The third-order valence-corrected chi connectivity index (χ3v) is 5.67. The van der Waals surface area contributed by atoms with Crippen molar-refractivity contribution in [3.05, 3.63) is 59.2 Å². The van der Waals surface area contributed by atoms with Crippen LogP contribution in [0.2, 0.25) is 0 Å². The molecule has 0 heterocycles. The number of nitrogens with one attached hydrogen (secondary N) is 1. The molecule has 0 radical (unpaired) electrons. The molecule has 2 aromatic rings. The van der Waals surface area contributed by atoms with Crippen molar-refractivity contribution in [2.75, 3.05) is 12.4 Å². The zero-order valence-electron chi connectivity index (χ0n) is 14.8. The Labute approximate surface area is 154 Å². The average molecular weight is 378 g/mol. The molecule has 0 aliphatic heterocycles. The fourth-order valence-corrected chi connectivity index (χ4v) is 3.16. The summed E-state index contributed by atoms with van der Waals surface area (Å²) in [6.07, 6.45) is 0. The van der Waals surface area contributed by atoms with Crippen molar-refractivity contribution < 1.29 is 8.42 Å². The number of thiocarbonyl (C=S) groups is 1. The third-order valence-electron chi connectivity index (χ3n) is 4.35. The summed E-state index contributed by atoms with van der Waals surface area (Å²) in [5.74, 6) is 0. The van der Waals surface area contributed by atoms with E-state index in [9.17, 15) is 8.42 Å². The van der Waals surface area contributed by atoms with Crippen molar-refractivity contribution in [3.63, 3.8) is 0 Å². The molecule has 0 aliphatic carbocycles. The first-order chi connectivity index (χ1) is 11.6. The largest absolute Gasteiger partial charge is 0.345 e. The molecular formula is C18H23N3O2S2. The minimum absolute atomic E-state index is 0.0268. The van der Waals surface area contributed by atoms with E-state index in [0.717, 1.165) is 11.3 Å². The van der Waals surface area contributed by atoms with Crippen molar-refractivity contribution in [1.29, 1.82) is 0 Å². The fraction of sp³-hybridized carbons (Fsp3) is 0.278. The molecule has 7 heteroatoms. The predicted molar refractivity (Wildman–Crippen MR) is 106 cm³/mol. The van der Waals surface area contributed by atoms with E-state index in [-0.39, 0.29) is 10.9 Å². The highest BCUT2D eigenvalue weighted by molar-refractivity contribution is 7.89. The Balaban J connectivity index is 2.11. The number of aryl methyl sites for hydroxylation is 2. The molecule has 134 valence electrons. The Morgan fingerprint density at radius 1 is 1.12 bits per heavy atom. The lowest BCUT2D eigenvalue weighted by Gasteiger charge is -2.28. The number of nitrogens with two attached hydrogens (primary N) is 1. The minimum atomic E-state index is -3.68. The van der Waals surface area contributed by atoms with Gasteiger partial charge in [0, 0.05) is 12.7 Å². The van der Waals surface area contributed by atoms with Gasteiger partial charge in [-0.3, -0.25) is 0 Å². The van der Waals surface area contributed by atoms with Gasteiger partial charge in [0.05, 0.1) is 10.9 Å². The minimum Gasteiger partial charge on any atom is -0.345 e. The van der Waals surface area contributed by atoms with E-state index in [1.165, 1.54) is 23.3 Å². The maximum atomic E-state index is 11.3. The van der Waals surface area contributed by atoms with Crippen LogP contribution in [0, 0.1) is 13.8 Å². The van der Waals surface area contributed by atoms with E-state index in [1.54, 1.807) is 12.1 Å². The third kappa shape index (κ3) is 4.78. The molecule has 1 atom stereocenters. The lowest BCUT2D eigenvalue weighted by molar-refractivity contribution is 0.408. The second-order valence-corrected chi connectivity index (χ2v) is 8.08. The summed E-state index contributed by atoms with van der Waals surface area (Å²) in [4.78, 5) is 2.03. The van der Waals surface area contributed by atoms with Crippen LogP contribution in [-0.4, -0.2) is 25.5 Å². The summed E-state index contributed by atoms with van der Waals surface area (Å²) in [6.45, 7) is 6.13. The molecule has 2 aromatic carbocycles. The highest BCUT2D eigenvalue weighted by atomic mass is 32.2. The summed E-state index contributed by atoms with van der Waals surface area (Å²) in [6, 6.07) is 12.6. The molecule has 5 nitrogen and oxygen atoms in total. The lowest BCUT2D eigenvalue weighted by atomic mass is 10.1. The van der Waals surface area contributed by atoms with Crippen LogP contribution < -0.4 is 10.5 Å². The first-order valence-electron chi connectivity index (χ1n) is 7.83. The zero-order valence-corrected chi connectivity index (χ0v) is 16.4. The summed E-state index contributed by atoms with van der Waals surface area (Å²) >= 11 is 5.50. The van der Waals surface area contributed by atoms with Crippen molar-refractivity contribution in [1.82, 2.24) is 4.90 Å². The van der Waals surface area contributed by atoms with Gasteiger partial charge in [-0.25, -0.2) is 13.6 Å². The second-order valence-electron chi connectivity index (χ2n) is 6.13. The molecule has 25 heavy (non-hydrogen) atoms. The predicted octanol–water partition coefficient (Wildman–Crippen LogP) is 3.34.